The molecule has 0 amide bonds. The molecule has 0 aliphatic rings. The van der Waals surface area contributed by atoms with Gasteiger partial charge in [-0.25, -0.2) is 8.42 Å². The van der Waals surface area contributed by atoms with Crippen molar-refractivity contribution in [1.29, 1.82) is 0 Å². The quantitative estimate of drug-likeness (QED) is 0.241. The van der Waals surface area contributed by atoms with Crippen LogP contribution in [0, 0.1) is 0 Å². The van der Waals surface area contributed by atoms with Crippen LogP contribution < -0.4 is 0 Å². The first-order valence-corrected chi connectivity index (χ1v) is 9.69. The Balaban J connectivity index is 3.95. The Kier molecular flexibility index (Phi) is 10.2. The summed E-state index contributed by atoms with van der Waals surface area (Å²) in [5, 5.41) is -5.92. The Morgan fingerprint density at radius 3 is 1.46 bits per heavy atom. The van der Waals surface area contributed by atoms with E-state index >= 15 is 0 Å². The molecule has 158 valence electrons. The third kappa shape index (κ3) is 8.59. The maximum Gasteiger partial charge on any atom is 0.471 e. The van der Waals surface area contributed by atoms with Gasteiger partial charge in [-0.1, -0.05) is 51.3 Å². The van der Waals surface area contributed by atoms with Crippen LogP contribution in [0.1, 0.15) is 57.8 Å². The summed E-state index contributed by atoms with van der Waals surface area (Å²) in [6.45, 7) is -0.608. The van der Waals surface area contributed by atoms with Crippen LogP contribution in [0.3, 0.4) is 0 Å². The van der Waals surface area contributed by atoms with E-state index in [1.165, 1.54) is 0 Å². The van der Waals surface area contributed by atoms with Crippen molar-refractivity contribution in [2.45, 2.75) is 75.4 Å². The molecule has 0 aromatic rings. The monoisotopic (exact) mass is 439 g/mol. The predicted octanol–water partition coefficient (Wildman–Crippen LogP) is 5.69. The number of hydrogen-bond acceptors (Lipinski definition) is 3. The number of alkyl halides is 8. The Morgan fingerprint density at radius 2 is 1.08 bits per heavy atom. The van der Waals surface area contributed by atoms with Crippen molar-refractivity contribution >= 4 is 22.8 Å². The average molecular weight is 439 g/mol. The van der Waals surface area contributed by atoms with Gasteiger partial charge in [0, 0.05) is 13.0 Å². The molecule has 0 radical (unpaired) electrons. The Labute approximate surface area is 152 Å². The Bertz CT molecular complexity index is 505. The van der Waals surface area contributed by atoms with Crippen molar-refractivity contribution < 1.29 is 43.5 Å². The molecule has 0 aliphatic carbocycles. The molecule has 0 aliphatic heterocycles. The normalized spacial score (nSPS) is 14.2. The summed E-state index contributed by atoms with van der Waals surface area (Å²) in [6.07, 6.45) is -7.91. The fourth-order valence-corrected chi connectivity index (χ4v) is 3.41. The van der Waals surface area contributed by atoms with Crippen molar-refractivity contribution in [2.24, 2.45) is 0 Å². The zero-order chi connectivity index (χ0) is 20.6. The van der Waals surface area contributed by atoms with Crippen LogP contribution in [0.15, 0.2) is 0 Å². The second-order valence-electron chi connectivity index (χ2n) is 5.76. The lowest BCUT2D eigenvalue weighted by Crippen LogP contribution is -2.49. The van der Waals surface area contributed by atoms with Gasteiger partial charge >= 0.3 is 17.6 Å². The maximum atomic E-state index is 12.9. The number of hydrogen-bond donors (Lipinski definition) is 1. The molecule has 13 heteroatoms. The van der Waals surface area contributed by atoms with E-state index in [0.717, 1.165) is 0 Å². The molecule has 0 aromatic carbocycles. The minimum atomic E-state index is -6.24. The van der Waals surface area contributed by atoms with E-state index in [-0.39, 0.29) is 16.6 Å². The van der Waals surface area contributed by atoms with Gasteiger partial charge in [0.05, 0.1) is 0 Å². The molecule has 0 rings (SSSR count). The summed E-state index contributed by atoms with van der Waals surface area (Å²) < 4.78 is 120. The van der Waals surface area contributed by atoms with E-state index in [1.54, 1.807) is 0 Å². The van der Waals surface area contributed by atoms with Crippen LogP contribution in [0.2, 0.25) is 0 Å². The highest BCUT2D eigenvalue weighted by atomic mass is 32.3. The third-order valence-corrected chi connectivity index (χ3v) is 5.95. The van der Waals surface area contributed by atoms with Crippen LogP contribution in [-0.2, 0) is 10.0 Å². The zero-order valence-corrected chi connectivity index (χ0v) is 15.4. The standard InChI is InChI=1S/C13H21F8NO2S2/c14-11(15,16)9-7-5-3-1-2-4-6-8-10-22(25)26(23,24)13(20,21)12(17,18)19/h25H,1-10H2. The van der Waals surface area contributed by atoms with Gasteiger partial charge in [0.15, 0.2) is 0 Å². The molecule has 0 fully saturated rings. The largest absolute Gasteiger partial charge is 0.471 e. The molecule has 0 bridgehead atoms. The third-order valence-electron chi connectivity index (χ3n) is 3.49. The van der Waals surface area contributed by atoms with Gasteiger partial charge in [-0.2, -0.15) is 35.1 Å². The van der Waals surface area contributed by atoms with Crippen LogP contribution in [-0.4, -0.2) is 36.3 Å². The molecular weight excluding hydrogens is 418 g/mol. The van der Waals surface area contributed by atoms with E-state index in [0.29, 0.717) is 38.5 Å². The fraction of sp³-hybridized carbons (Fsp3) is 1.00. The second kappa shape index (κ2) is 10.3. The topological polar surface area (TPSA) is 37.4 Å². The van der Waals surface area contributed by atoms with Crippen molar-refractivity contribution in [3.63, 3.8) is 0 Å². The second-order valence-corrected chi connectivity index (χ2v) is 8.42. The van der Waals surface area contributed by atoms with Gasteiger partial charge in [0.2, 0.25) is 0 Å². The lowest BCUT2D eigenvalue weighted by atomic mass is 10.1. The minimum Gasteiger partial charge on any atom is -0.205 e. The first kappa shape index (κ1) is 25.7. The number of rotatable bonds is 12. The highest BCUT2D eigenvalue weighted by Gasteiger charge is 2.68. The molecule has 0 aromatic heterocycles. The van der Waals surface area contributed by atoms with Crippen molar-refractivity contribution in [2.75, 3.05) is 6.54 Å². The molecule has 0 saturated heterocycles. The molecule has 0 atom stereocenters. The van der Waals surface area contributed by atoms with Gasteiger partial charge in [-0.15, -0.1) is 3.71 Å². The fourth-order valence-electron chi connectivity index (χ4n) is 2.03. The van der Waals surface area contributed by atoms with Crippen LogP contribution >= 0.6 is 12.8 Å². The number of nitrogens with zero attached hydrogens (tertiary/aromatic N) is 1. The van der Waals surface area contributed by atoms with Crippen molar-refractivity contribution in [1.82, 2.24) is 3.71 Å². The number of thiol groups is 1. The molecule has 0 spiro atoms. The van der Waals surface area contributed by atoms with Gasteiger partial charge in [-0.3, -0.25) is 0 Å². The minimum absolute atomic E-state index is 0.0325. The van der Waals surface area contributed by atoms with Gasteiger partial charge in [0.25, 0.3) is 10.0 Å². The van der Waals surface area contributed by atoms with Crippen molar-refractivity contribution in [3.8, 4) is 0 Å². The molecule has 0 saturated carbocycles. The summed E-state index contributed by atoms with van der Waals surface area (Å²) in [5.41, 5.74) is 0. The average Bonchev–Trinajstić information content (AvgIpc) is 2.46. The summed E-state index contributed by atoms with van der Waals surface area (Å²) >= 11 is 3.21. The summed E-state index contributed by atoms with van der Waals surface area (Å²) in [7, 11) is -5.97. The van der Waals surface area contributed by atoms with Gasteiger partial charge < -0.3 is 0 Å². The predicted molar refractivity (Wildman–Crippen MR) is 83.2 cm³/mol. The van der Waals surface area contributed by atoms with Gasteiger partial charge in [-0.05, 0) is 12.8 Å². The van der Waals surface area contributed by atoms with E-state index in [2.05, 4.69) is 12.8 Å². The lowest BCUT2D eigenvalue weighted by Gasteiger charge is -2.24. The number of unbranched alkanes of at least 4 members (excludes halogenated alkanes) is 7. The van der Waals surface area contributed by atoms with E-state index in [4.69, 9.17) is 0 Å². The highest BCUT2D eigenvalue weighted by molar-refractivity contribution is 8.00. The smallest absolute Gasteiger partial charge is 0.205 e. The maximum absolute atomic E-state index is 12.9. The van der Waals surface area contributed by atoms with Gasteiger partial charge in [0.1, 0.15) is 0 Å². The molecule has 3 nitrogen and oxygen atoms in total. The molecular formula is C13H21F8NO2S2. The molecule has 0 unspecified atom stereocenters. The first-order valence-electron chi connectivity index (χ1n) is 7.85. The summed E-state index contributed by atoms with van der Waals surface area (Å²) in [4.78, 5) is 0. The SMILES string of the molecule is O=S(=O)(N(S)CCCCCCCCCCC(F)(F)F)C(F)(F)C(F)(F)F. The van der Waals surface area contributed by atoms with E-state index in [9.17, 15) is 43.5 Å². The zero-order valence-electron chi connectivity index (χ0n) is 13.7. The Morgan fingerprint density at radius 1 is 0.692 bits per heavy atom. The van der Waals surface area contributed by atoms with Crippen LogP contribution in [0.25, 0.3) is 0 Å². The Hall–Kier alpha value is -0.300. The molecule has 0 N–H and O–H groups in total. The van der Waals surface area contributed by atoms with Crippen LogP contribution in [0.4, 0.5) is 35.1 Å². The van der Waals surface area contributed by atoms with E-state index in [1.807, 2.05) is 0 Å². The molecule has 26 heavy (non-hydrogen) atoms. The lowest BCUT2D eigenvalue weighted by molar-refractivity contribution is -0.242. The number of halogens is 8. The van der Waals surface area contributed by atoms with E-state index < -0.39 is 40.6 Å². The molecule has 0 heterocycles. The van der Waals surface area contributed by atoms with Crippen molar-refractivity contribution in [3.05, 3.63) is 0 Å². The van der Waals surface area contributed by atoms with Crippen LogP contribution in [0.5, 0.6) is 0 Å². The summed E-state index contributed by atoms with van der Waals surface area (Å²) in [5.74, 6) is 0. The number of sulfonamides is 1. The summed E-state index contributed by atoms with van der Waals surface area (Å²) in [6, 6.07) is 0. The first-order chi connectivity index (χ1) is 11.6. The highest BCUT2D eigenvalue weighted by Crippen LogP contribution is 2.41.